The van der Waals surface area contributed by atoms with E-state index < -0.39 is 12.0 Å². The van der Waals surface area contributed by atoms with Crippen LogP contribution in [0.5, 0.6) is 11.5 Å². The molecular formula is C39H32N2O5S2. The summed E-state index contributed by atoms with van der Waals surface area (Å²) in [7, 11) is 0. The van der Waals surface area contributed by atoms with E-state index in [9.17, 15) is 9.59 Å². The molecule has 0 bridgehead atoms. The number of hydrogen-bond acceptors (Lipinski definition) is 8. The minimum absolute atomic E-state index is 0.204. The molecule has 0 amide bonds. The fraction of sp³-hybridized carbons (Fsp3) is 0.154. The summed E-state index contributed by atoms with van der Waals surface area (Å²) in [5.74, 6) is 0.715. The Bertz CT molecular complexity index is 2320. The van der Waals surface area contributed by atoms with Crippen LogP contribution in [0.25, 0.3) is 22.5 Å². The first-order chi connectivity index (χ1) is 23.6. The number of esters is 1. The molecule has 48 heavy (non-hydrogen) atoms. The maximum absolute atomic E-state index is 14.2. The van der Waals surface area contributed by atoms with Gasteiger partial charge in [0, 0.05) is 10.4 Å². The lowest BCUT2D eigenvalue weighted by Gasteiger charge is -2.24. The molecule has 0 unspecified atom stereocenters. The van der Waals surface area contributed by atoms with Crippen molar-refractivity contribution in [2.24, 2.45) is 4.99 Å². The Balaban J connectivity index is 1.30. The molecule has 0 aliphatic carbocycles. The van der Waals surface area contributed by atoms with Crippen LogP contribution in [0.4, 0.5) is 0 Å². The fourth-order valence-electron chi connectivity index (χ4n) is 5.88. The molecule has 2 aromatic heterocycles. The van der Waals surface area contributed by atoms with E-state index in [0.717, 1.165) is 32.3 Å². The van der Waals surface area contributed by atoms with Crippen LogP contribution < -0.4 is 24.4 Å². The average molecular weight is 673 g/mol. The van der Waals surface area contributed by atoms with E-state index in [0.29, 0.717) is 45.3 Å². The molecule has 0 N–H and O–H groups in total. The number of nitrogens with zero attached hydrogens (tertiary/aromatic N) is 2. The maximum Gasteiger partial charge on any atom is 0.338 e. The topological polar surface area (TPSA) is 79.1 Å². The molecule has 0 saturated carbocycles. The van der Waals surface area contributed by atoms with Gasteiger partial charge in [-0.15, -0.1) is 11.3 Å². The number of thiazole rings is 1. The van der Waals surface area contributed by atoms with E-state index >= 15 is 0 Å². The summed E-state index contributed by atoms with van der Waals surface area (Å²) >= 11 is 2.77. The molecule has 3 heterocycles. The van der Waals surface area contributed by atoms with Gasteiger partial charge in [-0.1, -0.05) is 96.3 Å². The predicted octanol–water partition coefficient (Wildman–Crippen LogP) is 7.13. The van der Waals surface area contributed by atoms with Gasteiger partial charge < -0.3 is 14.2 Å². The summed E-state index contributed by atoms with van der Waals surface area (Å²) in [5, 5.41) is 4.24. The van der Waals surface area contributed by atoms with E-state index in [1.807, 2.05) is 97.2 Å². The number of ether oxygens (including phenoxy) is 3. The number of fused-ring (bicyclic) bond motifs is 2. The first-order valence-corrected chi connectivity index (χ1v) is 17.4. The second-order valence-electron chi connectivity index (χ2n) is 11.0. The van der Waals surface area contributed by atoms with Crippen LogP contribution >= 0.6 is 22.7 Å². The first-order valence-electron chi connectivity index (χ1n) is 15.7. The summed E-state index contributed by atoms with van der Waals surface area (Å²) in [6, 6.07) is 32.8. The number of aromatic nitrogens is 1. The maximum atomic E-state index is 14.2. The Kier molecular flexibility index (Phi) is 9.05. The smallest absolute Gasteiger partial charge is 0.338 e. The Morgan fingerprint density at radius 2 is 1.69 bits per heavy atom. The van der Waals surface area contributed by atoms with Crippen molar-refractivity contribution in [1.29, 1.82) is 0 Å². The van der Waals surface area contributed by atoms with Crippen molar-refractivity contribution in [3.8, 4) is 11.5 Å². The van der Waals surface area contributed by atoms with Gasteiger partial charge in [0.2, 0.25) is 0 Å². The van der Waals surface area contributed by atoms with E-state index in [-0.39, 0.29) is 12.2 Å². The van der Waals surface area contributed by atoms with E-state index in [1.165, 1.54) is 22.7 Å². The number of benzene rings is 4. The van der Waals surface area contributed by atoms with Crippen molar-refractivity contribution in [3.05, 3.63) is 155 Å². The Labute approximate surface area is 285 Å². The standard InChI is InChI=1S/C39H32N2O5S2/c1-3-44-31-22-25(19-20-30(31)46-24-28-16-10-15-26-12-8-9-17-29(26)28)23-33-37(42)41-36(32-18-11-21-47-32)34(38(43)45-4-2)35(40-39(41)48-33)27-13-6-5-7-14-27/h5-23,36H,3-4,24H2,1-2H3/b33-23+/t36-/m1/s1. The molecule has 1 aliphatic heterocycles. The second-order valence-corrected chi connectivity index (χ2v) is 13.0. The van der Waals surface area contributed by atoms with Crippen LogP contribution in [-0.4, -0.2) is 23.8 Å². The number of carbonyl (C=O) groups excluding carboxylic acids is 1. The van der Waals surface area contributed by atoms with Crippen LogP contribution in [-0.2, 0) is 16.1 Å². The molecule has 1 aliphatic rings. The average Bonchev–Trinajstić information content (AvgIpc) is 3.76. The van der Waals surface area contributed by atoms with Gasteiger partial charge in [0.15, 0.2) is 16.3 Å². The Morgan fingerprint density at radius 3 is 2.48 bits per heavy atom. The minimum Gasteiger partial charge on any atom is -0.490 e. The second kappa shape index (κ2) is 13.9. The summed E-state index contributed by atoms with van der Waals surface area (Å²) in [6.07, 6.45) is 1.84. The zero-order chi connectivity index (χ0) is 33.0. The normalized spacial score (nSPS) is 14.5. The largest absolute Gasteiger partial charge is 0.490 e. The van der Waals surface area contributed by atoms with Gasteiger partial charge in [0.1, 0.15) is 12.6 Å². The highest BCUT2D eigenvalue weighted by Crippen LogP contribution is 2.37. The van der Waals surface area contributed by atoms with Crippen molar-refractivity contribution in [1.82, 2.24) is 4.57 Å². The number of thiophene rings is 1. The highest BCUT2D eigenvalue weighted by Gasteiger charge is 2.35. The molecule has 0 saturated heterocycles. The molecular weight excluding hydrogens is 641 g/mol. The van der Waals surface area contributed by atoms with Crippen molar-refractivity contribution in [2.75, 3.05) is 13.2 Å². The van der Waals surface area contributed by atoms with Gasteiger partial charge in [0.25, 0.3) is 5.56 Å². The molecule has 0 fully saturated rings. The van der Waals surface area contributed by atoms with Gasteiger partial charge in [0.05, 0.1) is 29.0 Å². The molecule has 7 rings (SSSR count). The third kappa shape index (κ3) is 6.10. The van der Waals surface area contributed by atoms with E-state index in [2.05, 4.69) is 24.3 Å². The molecule has 1 atom stereocenters. The minimum atomic E-state index is -0.679. The molecule has 240 valence electrons. The fourth-order valence-corrected chi connectivity index (χ4v) is 7.71. The number of carbonyl (C=O) groups is 1. The Hall–Kier alpha value is -5.25. The van der Waals surface area contributed by atoms with Gasteiger partial charge in [-0.25, -0.2) is 9.79 Å². The molecule has 0 radical (unpaired) electrons. The number of hydrogen-bond donors (Lipinski definition) is 0. The first kappa shape index (κ1) is 31.4. The molecule has 9 heteroatoms. The zero-order valence-electron chi connectivity index (χ0n) is 26.4. The predicted molar refractivity (Wildman–Crippen MR) is 191 cm³/mol. The summed E-state index contributed by atoms with van der Waals surface area (Å²) < 4.78 is 19.9. The number of rotatable bonds is 10. The lowest BCUT2D eigenvalue weighted by atomic mass is 9.97. The van der Waals surface area contributed by atoms with Gasteiger partial charge in [-0.05, 0) is 65.4 Å². The van der Waals surface area contributed by atoms with E-state index in [1.54, 1.807) is 11.5 Å². The van der Waals surface area contributed by atoms with Crippen LogP contribution in [0.3, 0.4) is 0 Å². The third-order valence-electron chi connectivity index (χ3n) is 8.01. The summed E-state index contributed by atoms with van der Waals surface area (Å²) in [6.45, 7) is 4.74. The van der Waals surface area contributed by atoms with Crippen LogP contribution in [0.15, 0.2) is 124 Å². The molecule has 7 nitrogen and oxygen atoms in total. The van der Waals surface area contributed by atoms with Crippen molar-refractivity contribution in [2.45, 2.75) is 26.5 Å². The van der Waals surface area contributed by atoms with Gasteiger partial charge in [-0.3, -0.25) is 9.36 Å². The SMILES string of the molecule is CCOC(=O)C1=C(c2ccccc2)N=c2s/c(=C/c3ccc(OCc4cccc5ccccc45)c(OCC)c3)c(=O)n2[C@@H]1c1cccs1. The summed E-state index contributed by atoms with van der Waals surface area (Å²) in [4.78, 5) is 34.0. The quantitative estimate of drug-likeness (QED) is 0.145. The van der Waals surface area contributed by atoms with Crippen molar-refractivity contribution < 1.29 is 19.0 Å². The lowest BCUT2D eigenvalue weighted by molar-refractivity contribution is -0.138. The summed E-state index contributed by atoms with van der Waals surface area (Å²) in [5.41, 5.74) is 3.25. The lowest BCUT2D eigenvalue weighted by Crippen LogP contribution is -2.39. The van der Waals surface area contributed by atoms with Gasteiger partial charge >= 0.3 is 5.97 Å². The van der Waals surface area contributed by atoms with Gasteiger partial charge in [-0.2, -0.15) is 0 Å². The highest BCUT2D eigenvalue weighted by molar-refractivity contribution is 7.10. The van der Waals surface area contributed by atoms with Crippen LogP contribution in [0.2, 0.25) is 0 Å². The highest BCUT2D eigenvalue weighted by atomic mass is 32.1. The van der Waals surface area contributed by atoms with Crippen LogP contribution in [0.1, 0.15) is 41.5 Å². The Morgan fingerprint density at radius 1 is 0.875 bits per heavy atom. The molecule has 0 spiro atoms. The van der Waals surface area contributed by atoms with E-state index in [4.69, 9.17) is 19.2 Å². The van der Waals surface area contributed by atoms with Crippen molar-refractivity contribution >= 4 is 51.2 Å². The monoisotopic (exact) mass is 672 g/mol. The van der Waals surface area contributed by atoms with Crippen LogP contribution in [0, 0.1) is 0 Å². The zero-order valence-corrected chi connectivity index (χ0v) is 28.1. The molecule has 6 aromatic rings. The van der Waals surface area contributed by atoms with Crippen molar-refractivity contribution in [3.63, 3.8) is 0 Å². The molecule has 4 aromatic carbocycles. The third-order valence-corrected chi connectivity index (χ3v) is 9.92.